The number of benzene rings is 6. The third-order valence-corrected chi connectivity index (χ3v) is 7.28. The van der Waals surface area contributed by atoms with Crippen molar-refractivity contribution in [2.45, 2.75) is 0 Å². The molecule has 38 heavy (non-hydrogen) atoms. The van der Waals surface area contributed by atoms with Crippen molar-refractivity contribution in [2.75, 3.05) is 0 Å². The van der Waals surface area contributed by atoms with Gasteiger partial charge in [0.2, 0.25) is 0 Å². The number of pyridine rings is 1. The molecular weight excluding hydrogens is 458 g/mol. The maximum atomic E-state index is 4.96. The fraction of sp³-hybridized carbons (Fsp3) is 0. The summed E-state index contributed by atoms with van der Waals surface area (Å²) in [4.78, 5) is 4.96. The number of aromatic nitrogens is 1. The molecule has 0 radical (unpaired) electrons. The zero-order chi connectivity index (χ0) is 25.3. The summed E-state index contributed by atoms with van der Waals surface area (Å²) in [7, 11) is 0. The molecule has 1 heteroatoms. The summed E-state index contributed by atoms with van der Waals surface area (Å²) in [6, 6.07) is 51.9. The van der Waals surface area contributed by atoms with Crippen LogP contribution in [0, 0.1) is 0 Å². The van der Waals surface area contributed by atoms with Crippen LogP contribution in [0.1, 0.15) is 0 Å². The molecule has 6 aromatic carbocycles. The molecule has 0 amide bonds. The Labute approximate surface area is 222 Å². The molecule has 0 saturated carbocycles. The minimum Gasteiger partial charge on any atom is -0.256 e. The predicted molar refractivity (Wildman–Crippen MR) is 161 cm³/mol. The summed E-state index contributed by atoms with van der Waals surface area (Å²) >= 11 is 0. The van der Waals surface area contributed by atoms with Crippen LogP contribution in [-0.2, 0) is 0 Å². The average molecular weight is 484 g/mol. The Bertz CT molecular complexity index is 1770. The fourth-order valence-electron chi connectivity index (χ4n) is 5.57. The van der Waals surface area contributed by atoms with Crippen molar-refractivity contribution in [3.8, 4) is 44.5 Å². The maximum absolute atomic E-state index is 4.96. The van der Waals surface area contributed by atoms with Crippen molar-refractivity contribution in [1.29, 1.82) is 0 Å². The van der Waals surface area contributed by atoms with E-state index in [1.807, 2.05) is 6.20 Å². The Kier molecular flexibility index (Phi) is 5.53. The van der Waals surface area contributed by atoms with Crippen LogP contribution in [-0.4, -0.2) is 4.98 Å². The molecule has 0 saturated heterocycles. The standard InChI is InChI=1S/C37H25N/c1-4-13-26(14-5-1)29-23-30(27-15-6-2-7-16-27)25-31(24-29)35-32-19-10-11-20-33(32)36(28-17-8-3-9-18-28)37-34(35)21-12-22-38-37/h1-25H. The molecule has 0 aliphatic rings. The maximum Gasteiger partial charge on any atom is 0.0792 e. The first-order chi connectivity index (χ1) is 18.9. The van der Waals surface area contributed by atoms with Crippen molar-refractivity contribution in [2.24, 2.45) is 0 Å². The molecule has 0 unspecified atom stereocenters. The molecule has 0 N–H and O–H groups in total. The van der Waals surface area contributed by atoms with E-state index in [1.54, 1.807) is 0 Å². The van der Waals surface area contributed by atoms with Gasteiger partial charge in [-0.15, -0.1) is 0 Å². The molecule has 0 atom stereocenters. The van der Waals surface area contributed by atoms with Crippen LogP contribution < -0.4 is 0 Å². The quantitative estimate of drug-likeness (QED) is 0.227. The lowest BCUT2D eigenvalue weighted by Crippen LogP contribution is -1.93. The van der Waals surface area contributed by atoms with Crippen LogP contribution in [0.5, 0.6) is 0 Å². The van der Waals surface area contributed by atoms with Gasteiger partial charge in [-0.1, -0.05) is 121 Å². The van der Waals surface area contributed by atoms with Crippen LogP contribution in [0.3, 0.4) is 0 Å². The van der Waals surface area contributed by atoms with Gasteiger partial charge < -0.3 is 0 Å². The number of nitrogens with zero attached hydrogens (tertiary/aromatic N) is 1. The minimum absolute atomic E-state index is 1.03. The van der Waals surface area contributed by atoms with E-state index >= 15 is 0 Å². The van der Waals surface area contributed by atoms with Crippen LogP contribution >= 0.6 is 0 Å². The Morgan fingerprint density at radius 3 is 1.34 bits per heavy atom. The Balaban J connectivity index is 1.60. The van der Waals surface area contributed by atoms with E-state index in [0.717, 1.165) is 10.9 Å². The van der Waals surface area contributed by atoms with Gasteiger partial charge in [-0.05, 0) is 74.0 Å². The summed E-state index contributed by atoms with van der Waals surface area (Å²) in [5.74, 6) is 0. The second kappa shape index (κ2) is 9.46. The summed E-state index contributed by atoms with van der Waals surface area (Å²) in [6.07, 6.45) is 1.91. The Morgan fingerprint density at radius 1 is 0.316 bits per heavy atom. The first-order valence-electron chi connectivity index (χ1n) is 13.0. The Hall–Kier alpha value is -5.01. The highest BCUT2D eigenvalue weighted by Gasteiger charge is 2.18. The van der Waals surface area contributed by atoms with Crippen molar-refractivity contribution < 1.29 is 0 Å². The highest BCUT2D eigenvalue weighted by atomic mass is 14.7. The lowest BCUT2D eigenvalue weighted by atomic mass is 9.86. The minimum atomic E-state index is 1.03. The van der Waals surface area contributed by atoms with Gasteiger partial charge in [0.25, 0.3) is 0 Å². The van der Waals surface area contributed by atoms with Crippen LogP contribution in [0.25, 0.3) is 66.2 Å². The molecule has 1 aromatic heterocycles. The van der Waals surface area contributed by atoms with Gasteiger partial charge in [0, 0.05) is 17.1 Å². The third kappa shape index (κ3) is 3.86. The predicted octanol–water partition coefficient (Wildman–Crippen LogP) is 10.1. The number of fused-ring (bicyclic) bond motifs is 2. The molecule has 178 valence electrons. The second-order valence-corrected chi connectivity index (χ2v) is 9.59. The van der Waals surface area contributed by atoms with E-state index in [9.17, 15) is 0 Å². The van der Waals surface area contributed by atoms with Gasteiger partial charge in [-0.3, -0.25) is 4.98 Å². The highest BCUT2D eigenvalue weighted by Crippen LogP contribution is 2.44. The van der Waals surface area contributed by atoms with Crippen LogP contribution in [0.2, 0.25) is 0 Å². The number of hydrogen-bond donors (Lipinski definition) is 0. The first-order valence-corrected chi connectivity index (χ1v) is 13.0. The van der Waals surface area contributed by atoms with E-state index < -0.39 is 0 Å². The normalized spacial score (nSPS) is 11.2. The summed E-state index contributed by atoms with van der Waals surface area (Å²) < 4.78 is 0. The van der Waals surface area contributed by atoms with E-state index in [1.165, 1.54) is 55.3 Å². The molecule has 0 spiro atoms. The summed E-state index contributed by atoms with van der Waals surface area (Å²) in [5, 5.41) is 3.61. The molecule has 0 bridgehead atoms. The van der Waals surface area contributed by atoms with Gasteiger partial charge in [-0.2, -0.15) is 0 Å². The largest absolute Gasteiger partial charge is 0.256 e. The van der Waals surface area contributed by atoms with Crippen LogP contribution in [0.15, 0.2) is 152 Å². The van der Waals surface area contributed by atoms with Gasteiger partial charge in [0.05, 0.1) is 5.52 Å². The molecule has 0 fully saturated rings. The molecule has 1 heterocycles. The lowest BCUT2D eigenvalue weighted by Gasteiger charge is -2.18. The van der Waals surface area contributed by atoms with E-state index in [2.05, 4.69) is 146 Å². The third-order valence-electron chi connectivity index (χ3n) is 7.28. The topological polar surface area (TPSA) is 12.9 Å². The molecule has 0 aliphatic heterocycles. The number of rotatable bonds is 4. The number of hydrogen-bond acceptors (Lipinski definition) is 1. The van der Waals surface area contributed by atoms with E-state index in [4.69, 9.17) is 4.98 Å². The van der Waals surface area contributed by atoms with E-state index in [-0.39, 0.29) is 0 Å². The first kappa shape index (κ1) is 22.2. The zero-order valence-corrected chi connectivity index (χ0v) is 20.9. The van der Waals surface area contributed by atoms with Gasteiger partial charge in [-0.25, -0.2) is 0 Å². The molecule has 7 aromatic rings. The average Bonchev–Trinajstić information content (AvgIpc) is 3.01. The Morgan fingerprint density at radius 2 is 0.763 bits per heavy atom. The van der Waals surface area contributed by atoms with Crippen molar-refractivity contribution in [3.63, 3.8) is 0 Å². The van der Waals surface area contributed by atoms with Gasteiger partial charge >= 0.3 is 0 Å². The van der Waals surface area contributed by atoms with E-state index in [0.29, 0.717) is 0 Å². The van der Waals surface area contributed by atoms with Gasteiger partial charge in [0.15, 0.2) is 0 Å². The second-order valence-electron chi connectivity index (χ2n) is 9.59. The fourth-order valence-corrected chi connectivity index (χ4v) is 5.57. The smallest absolute Gasteiger partial charge is 0.0792 e. The highest BCUT2D eigenvalue weighted by molar-refractivity contribution is 6.20. The lowest BCUT2D eigenvalue weighted by molar-refractivity contribution is 1.42. The molecule has 0 aliphatic carbocycles. The molecular formula is C37H25N. The van der Waals surface area contributed by atoms with Crippen molar-refractivity contribution in [3.05, 3.63) is 152 Å². The van der Waals surface area contributed by atoms with Crippen LogP contribution in [0.4, 0.5) is 0 Å². The zero-order valence-electron chi connectivity index (χ0n) is 20.9. The SMILES string of the molecule is c1ccc(-c2cc(-c3ccccc3)cc(-c3c4ccccc4c(-c4ccccc4)c4ncccc34)c2)cc1. The van der Waals surface area contributed by atoms with Crippen molar-refractivity contribution >= 4 is 21.7 Å². The monoisotopic (exact) mass is 483 g/mol. The molecule has 1 nitrogen and oxygen atoms in total. The molecule has 7 rings (SSSR count). The summed E-state index contributed by atoms with van der Waals surface area (Å²) in [5.41, 5.74) is 10.6. The van der Waals surface area contributed by atoms with Crippen molar-refractivity contribution in [1.82, 2.24) is 4.98 Å². The van der Waals surface area contributed by atoms with Gasteiger partial charge in [0.1, 0.15) is 0 Å². The summed E-state index contributed by atoms with van der Waals surface area (Å²) in [6.45, 7) is 0.